The first-order valence-electron chi connectivity index (χ1n) is 11.1. The van der Waals surface area contributed by atoms with Crippen LogP contribution in [-0.2, 0) is 24.2 Å². The van der Waals surface area contributed by atoms with Gasteiger partial charge in [-0.25, -0.2) is 8.78 Å². The number of anilines is 1. The highest BCUT2D eigenvalue weighted by atomic mass is 32.1. The Balaban J connectivity index is 1.19. The summed E-state index contributed by atoms with van der Waals surface area (Å²) < 4.78 is 32.9. The molecule has 0 amide bonds. The van der Waals surface area contributed by atoms with Crippen molar-refractivity contribution in [1.82, 2.24) is 15.1 Å². The van der Waals surface area contributed by atoms with Gasteiger partial charge in [0.1, 0.15) is 17.5 Å². The number of nitrogens with one attached hydrogen (secondary N) is 1. The molecule has 0 unspecified atom stereocenters. The van der Waals surface area contributed by atoms with Gasteiger partial charge in [0.05, 0.1) is 5.69 Å². The number of nitrogens with zero attached hydrogens (tertiary/aromatic N) is 3. The van der Waals surface area contributed by atoms with Crippen molar-refractivity contribution in [2.45, 2.75) is 32.4 Å². The molecule has 0 spiro atoms. The number of fused-ring (bicyclic) bond motifs is 1. The summed E-state index contributed by atoms with van der Waals surface area (Å²) in [5, 5.41) is 13.8. The number of thiophene rings is 1. The summed E-state index contributed by atoms with van der Waals surface area (Å²) in [5.74, 6) is 0.354. The summed E-state index contributed by atoms with van der Waals surface area (Å²) in [6, 6.07) is 6.73. The van der Waals surface area contributed by atoms with E-state index in [4.69, 9.17) is 4.74 Å². The van der Waals surface area contributed by atoms with Crippen molar-refractivity contribution in [3.8, 4) is 11.3 Å². The second-order valence-corrected chi connectivity index (χ2v) is 9.45. The number of hydrogen-bond donors (Lipinski definition) is 1. The van der Waals surface area contributed by atoms with E-state index in [1.54, 1.807) is 12.1 Å². The summed E-state index contributed by atoms with van der Waals surface area (Å²) in [6.45, 7) is 5.78. The minimum absolute atomic E-state index is 0.112. The zero-order valence-electron chi connectivity index (χ0n) is 17.8. The maximum Gasteiger partial charge on any atom is 0.148 e. The lowest BCUT2D eigenvalue weighted by atomic mass is 9.97. The third-order valence-corrected chi connectivity index (χ3v) is 7.36. The normalized spacial score (nSPS) is 17.3. The van der Waals surface area contributed by atoms with Crippen molar-refractivity contribution in [2.24, 2.45) is 5.92 Å². The van der Waals surface area contributed by atoms with E-state index in [0.29, 0.717) is 18.1 Å². The quantitative estimate of drug-likeness (QED) is 0.573. The highest BCUT2D eigenvalue weighted by Gasteiger charge is 2.24. The molecule has 2 aromatic heterocycles. The standard InChI is InChI=1S/C24H26F2N4OS/c25-18-1-2-21(26)20(11-18)22-3-4-24(29-28-22)27-12-17-15-32-23-14-30(8-5-19(17)23)13-16-6-9-31-10-7-16/h1-4,11,15-16H,5-10,12-14H2,(H,27,29). The summed E-state index contributed by atoms with van der Waals surface area (Å²) in [5.41, 5.74) is 3.18. The molecule has 3 aromatic rings. The molecule has 32 heavy (non-hydrogen) atoms. The summed E-state index contributed by atoms with van der Waals surface area (Å²) >= 11 is 1.84. The molecule has 1 fully saturated rings. The molecule has 5 rings (SSSR count). The van der Waals surface area contributed by atoms with Gasteiger partial charge in [-0.15, -0.1) is 21.5 Å². The van der Waals surface area contributed by atoms with Gasteiger partial charge < -0.3 is 10.1 Å². The van der Waals surface area contributed by atoms with Crippen LogP contribution < -0.4 is 5.32 Å². The van der Waals surface area contributed by atoms with Crippen LogP contribution in [0.5, 0.6) is 0 Å². The fourth-order valence-corrected chi connectivity index (χ4v) is 5.64. The molecular weight excluding hydrogens is 430 g/mol. The van der Waals surface area contributed by atoms with Crippen LogP contribution >= 0.6 is 11.3 Å². The molecule has 168 valence electrons. The average Bonchev–Trinajstić information content (AvgIpc) is 3.22. The molecule has 1 N–H and O–H groups in total. The van der Waals surface area contributed by atoms with Crippen LogP contribution in [0.1, 0.15) is 28.8 Å². The second kappa shape index (κ2) is 9.60. The van der Waals surface area contributed by atoms with Crippen molar-refractivity contribution < 1.29 is 13.5 Å². The number of aromatic nitrogens is 2. The van der Waals surface area contributed by atoms with E-state index in [9.17, 15) is 8.78 Å². The lowest BCUT2D eigenvalue weighted by molar-refractivity contribution is 0.0508. The number of ether oxygens (including phenoxy) is 1. The van der Waals surface area contributed by atoms with E-state index < -0.39 is 11.6 Å². The molecule has 0 atom stereocenters. The average molecular weight is 457 g/mol. The first kappa shape index (κ1) is 21.4. The van der Waals surface area contributed by atoms with Gasteiger partial charge in [0.2, 0.25) is 0 Å². The lowest BCUT2D eigenvalue weighted by Gasteiger charge is -2.32. The fourth-order valence-electron chi connectivity index (χ4n) is 4.50. The molecule has 5 nitrogen and oxygen atoms in total. The van der Waals surface area contributed by atoms with Gasteiger partial charge in [0.25, 0.3) is 0 Å². The first-order chi connectivity index (χ1) is 15.7. The molecule has 1 saturated heterocycles. The number of halogens is 2. The number of rotatable bonds is 6. The number of benzene rings is 1. The van der Waals surface area contributed by atoms with Crippen LogP contribution in [0, 0.1) is 17.6 Å². The highest BCUT2D eigenvalue weighted by molar-refractivity contribution is 7.10. The Labute approximate surface area is 190 Å². The van der Waals surface area contributed by atoms with Crippen molar-refractivity contribution in [3.05, 3.63) is 63.4 Å². The third-order valence-electron chi connectivity index (χ3n) is 6.30. The van der Waals surface area contributed by atoms with Gasteiger partial charge >= 0.3 is 0 Å². The SMILES string of the molecule is Fc1ccc(F)c(-c2ccc(NCc3csc4c3CCN(CC3CCOCC3)C4)nn2)c1. The second-order valence-electron chi connectivity index (χ2n) is 8.49. The van der Waals surface area contributed by atoms with E-state index in [0.717, 1.165) is 56.8 Å². The first-order valence-corrected chi connectivity index (χ1v) is 11.9. The van der Waals surface area contributed by atoms with Crippen LogP contribution in [0.3, 0.4) is 0 Å². The molecule has 1 aromatic carbocycles. The largest absolute Gasteiger partial charge is 0.381 e. The zero-order valence-corrected chi connectivity index (χ0v) is 18.6. The van der Waals surface area contributed by atoms with E-state index in [2.05, 4.69) is 25.8 Å². The Morgan fingerprint density at radius 2 is 2.00 bits per heavy atom. The zero-order chi connectivity index (χ0) is 21.9. The minimum atomic E-state index is -0.517. The Morgan fingerprint density at radius 1 is 1.12 bits per heavy atom. The predicted octanol–water partition coefficient (Wildman–Crippen LogP) is 4.88. The molecule has 0 radical (unpaired) electrons. The van der Waals surface area contributed by atoms with E-state index >= 15 is 0 Å². The summed E-state index contributed by atoms with van der Waals surface area (Å²) in [6.07, 6.45) is 3.42. The van der Waals surface area contributed by atoms with Gasteiger partial charge in [-0.1, -0.05) is 0 Å². The molecule has 2 aliphatic heterocycles. The predicted molar refractivity (Wildman–Crippen MR) is 122 cm³/mol. The minimum Gasteiger partial charge on any atom is -0.381 e. The van der Waals surface area contributed by atoms with Crippen molar-refractivity contribution in [3.63, 3.8) is 0 Å². The Morgan fingerprint density at radius 3 is 2.81 bits per heavy atom. The Hall–Kier alpha value is -2.42. The van der Waals surface area contributed by atoms with Gasteiger partial charge in [-0.05, 0) is 72.0 Å². The van der Waals surface area contributed by atoms with Crippen LogP contribution in [-0.4, -0.2) is 41.4 Å². The van der Waals surface area contributed by atoms with Crippen molar-refractivity contribution >= 4 is 17.2 Å². The van der Waals surface area contributed by atoms with E-state index in [1.165, 1.54) is 35.4 Å². The number of hydrogen-bond acceptors (Lipinski definition) is 6. The molecule has 4 heterocycles. The van der Waals surface area contributed by atoms with Gasteiger partial charge in [-0.2, -0.15) is 0 Å². The summed E-state index contributed by atoms with van der Waals surface area (Å²) in [4.78, 5) is 4.05. The highest BCUT2D eigenvalue weighted by Crippen LogP contribution is 2.30. The molecular formula is C24H26F2N4OS. The third kappa shape index (κ3) is 4.82. The van der Waals surface area contributed by atoms with Gasteiger partial charge in [0.15, 0.2) is 0 Å². The van der Waals surface area contributed by atoms with Gasteiger partial charge in [0, 0.05) is 49.8 Å². The molecule has 0 aliphatic carbocycles. The summed E-state index contributed by atoms with van der Waals surface area (Å²) in [7, 11) is 0. The lowest BCUT2D eigenvalue weighted by Crippen LogP contribution is -2.36. The van der Waals surface area contributed by atoms with Crippen molar-refractivity contribution in [2.75, 3.05) is 31.6 Å². The maximum absolute atomic E-state index is 14.0. The topological polar surface area (TPSA) is 50.3 Å². The van der Waals surface area contributed by atoms with Crippen LogP contribution in [0.4, 0.5) is 14.6 Å². The van der Waals surface area contributed by atoms with Crippen LogP contribution in [0.2, 0.25) is 0 Å². The molecule has 2 aliphatic rings. The Kier molecular flexibility index (Phi) is 6.43. The van der Waals surface area contributed by atoms with Crippen LogP contribution in [0.15, 0.2) is 35.7 Å². The van der Waals surface area contributed by atoms with E-state index in [1.807, 2.05) is 11.3 Å². The smallest absolute Gasteiger partial charge is 0.148 e. The fraction of sp³-hybridized carbons (Fsp3) is 0.417. The molecule has 8 heteroatoms. The monoisotopic (exact) mass is 456 g/mol. The Bertz CT molecular complexity index is 1070. The maximum atomic E-state index is 14.0. The molecule has 0 bridgehead atoms. The van der Waals surface area contributed by atoms with Crippen LogP contribution in [0.25, 0.3) is 11.3 Å². The van der Waals surface area contributed by atoms with E-state index in [-0.39, 0.29) is 5.56 Å². The van der Waals surface area contributed by atoms with Gasteiger partial charge in [-0.3, -0.25) is 4.90 Å². The molecule has 0 saturated carbocycles. The van der Waals surface area contributed by atoms with Crippen molar-refractivity contribution in [1.29, 1.82) is 0 Å².